The average molecular weight is 303 g/mol. The van der Waals surface area contributed by atoms with Crippen molar-refractivity contribution in [3.05, 3.63) is 54.9 Å². The second-order valence-electron chi connectivity index (χ2n) is 5.17. The first kappa shape index (κ1) is 13.5. The number of hydrogen-bond acceptors (Lipinski definition) is 5. The largest absolute Gasteiger partial charge is 0.507 e. The van der Waals surface area contributed by atoms with Crippen molar-refractivity contribution in [3.63, 3.8) is 0 Å². The Morgan fingerprint density at radius 1 is 0.957 bits per heavy atom. The highest BCUT2D eigenvalue weighted by atomic mass is 16.5. The highest BCUT2D eigenvalue weighted by molar-refractivity contribution is 5.99. The molecule has 0 amide bonds. The first-order chi connectivity index (χ1) is 11.3. The van der Waals surface area contributed by atoms with Gasteiger partial charge in [-0.2, -0.15) is 4.98 Å². The van der Waals surface area contributed by atoms with E-state index >= 15 is 0 Å². The number of phenols is 1. The van der Waals surface area contributed by atoms with Crippen molar-refractivity contribution in [2.45, 2.75) is 0 Å². The van der Waals surface area contributed by atoms with Crippen molar-refractivity contribution in [2.24, 2.45) is 0 Å². The van der Waals surface area contributed by atoms with E-state index in [4.69, 9.17) is 4.74 Å². The predicted octanol–water partition coefficient (Wildman–Crippen LogP) is 3.56. The molecule has 0 bridgehead atoms. The van der Waals surface area contributed by atoms with E-state index in [-0.39, 0.29) is 5.75 Å². The molecule has 5 heteroatoms. The number of pyridine rings is 1. The molecule has 0 spiro atoms. The first-order valence-corrected chi connectivity index (χ1v) is 7.14. The number of phenolic OH excluding ortho intramolecular Hbond substituents is 1. The maximum absolute atomic E-state index is 10.3. The van der Waals surface area contributed by atoms with E-state index < -0.39 is 0 Å². The Morgan fingerprint density at radius 3 is 2.65 bits per heavy atom. The molecule has 4 aromatic rings. The number of benzene rings is 2. The predicted molar refractivity (Wildman–Crippen MR) is 88.5 cm³/mol. The molecule has 112 valence electrons. The van der Waals surface area contributed by atoms with E-state index in [1.807, 2.05) is 36.4 Å². The van der Waals surface area contributed by atoms with Crippen LogP contribution in [0.3, 0.4) is 0 Å². The number of aromatic hydroxyl groups is 1. The summed E-state index contributed by atoms with van der Waals surface area (Å²) in [6.07, 6.45) is 3.37. The molecule has 2 aromatic heterocycles. The van der Waals surface area contributed by atoms with Crippen molar-refractivity contribution < 1.29 is 9.84 Å². The van der Waals surface area contributed by atoms with Gasteiger partial charge in [-0.3, -0.25) is 4.98 Å². The Kier molecular flexibility index (Phi) is 3.05. The van der Waals surface area contributed by atoms with Crippen LogP contribution in [0.4, 0.5) is 0 Å². The highest BCUT2D eigenvalue weighted by Crippen LogP contribution is 2.36. The van der Waals surface area contributed by atoms with Crippen LogP contribution in [-0.2, 0) is 0 Å². The van der Waals surface area contributed by atoms with Crippen LogP contribution in [0.2, 0.25) is 0 Å². The number of methoxy groups -OCH3 is 1. The summed E-state index contributed by atoms with van der Waals surface area (Å²) in [5, 5.41) is 13.1. The van der Waals surface area contributed by atoms with Crippen LogP contribution in [0.25, 0.3) is 32.9 Å². The summed E-state index contributed by atoms with van der Waals surface area (Å²) in [5.74, 6) is 0.191. The third-order valence-electron chi connectivity index (χ3n) is 3.79. The molecule has 23 heavy (non-hydrogen) atoms. The molecule has 4 rings (SSSR count). The summed E-state index contributed by atoms with van der Waals surface area (Å²) < 4.78 is 5.07. The fourth-order valence-corrected chi connectivity index (χ4v) is 2.67. The number of nitrogens with zero attached hydrogens (tertiary/aromatic N) is 3. The van der Waals surface area contributed by atoms with Crippen molar-refractivity contribution >= 4 is 21.7 Å². The molecule has 0 saturated carbocycles. The lowest BCUT2D eigenvalue weighted by molar-refractivity contribution is 0.382. The lowest BCUT2D eigenvalue weighted by Crippen LogP contribution is -1.93. The van der Waals surface area contributed by atoms with Crippen molar-refractivity contribution in [1.29, 1.82) is 0 Å². The SMILES string of the molecule is COc1ncc2cnc(-c3c(O)ccc4ccccc34)cc2n1. The summed E-state index contributed by atoms with van der Waals surface area (Å²) in [6.45, 7) is 0. The van der Waals surface area contributed by atoms with Gasteiger partial charge in [0, 0.05) is 23.3 Å². The van der Waals surface area contributed by atoms with E-state index in [1.54, 1.807) is 18.5 Å². The second-order valence-corrected chi connectivity index (χ2v) is 5.17. The number of hydrogen-bond donors (Lipinski definition) is 1. The van der Waals surface area contributed by atoms with Crippen LogP contribution in [0.1, 0.15) is 0 Å². The fraction of sp³-hybridized carbons (Fsp3) is 0.0556. The zero-order chi connectivity index (χ0) is 15.8. The Bertz CT molecular complexity index is 1030. The number of ether oxygens (including phenoxy) is 1. The normalized spacial score (nSPS) is 11.0. The second kappa shape index (κ2) is 5.21. The Morgan fingerprint density at radius 2 is 1.78 bits per heavy atom. The quantitative estimate of drug-likeness (QED) is 0.613. The number of aromatic nitrogens is 3. The smallest absolute Gasteiger partial charge is 0.316 e. The van der Waals surface area contributed by atoms with Gasteiger partial charge >= 0.3 is 6.01 Å². The number of rotatable bonds is 2. The molecule has 0 atom stereocenters. The van der Waals surface area contributed by atoms with Crippen molar-refractivity contribution in [1.82, 2.24) is 15.0 Å². The summed E-state index contributed by atoms with van der Waals surface area (Å²) in [5.41, 5.74) is 2.07. The Hall–Kier alpha value is -3.21. The van der Waals surface area contributed by atoms with E-state index in [0.29, 0.717) is 22.8 Å². The van der Waals surface area contributed by atoms with Crippen molar-refractivity contribution in [2.75, 3.05) is 7.11 Å². The van der Waals surface area contributed by atoms with Crippen molar-refractivity contribution in [3.8, 4) is 23.0 Å². The lowest BCUT2D eigenvalue weighted by atomic mass is 10.0. The summed E-state index contributed by atoms with van der Waals surface area (Å²) >= 11 is 0. The third-order valence-corrected chi connectivity index (χ3v) is 3.79. The van der Waals surface area contributed by atoms with E-state index in [2.05, 4.69) is 15.0 Å². The van der Waals surface area contributed by atoms with Crippen LogP contribution < -0.4 is 4.74 Å². The molecule has 0 radical (unpaired) electrons. The topological polar surface area (TPSA) is 68.1 Å². The molecule has 0 fully saturated rings. The lowest BCUT2D eigenvalue weighted by Gasteiger charge is -2.09. The van der Waals surface area contributed by atoms with Crippen LogP contribution >= 0.6 is 0 Å². The van der Waals surface area contributed by atoms with Gasteiger partial charge in [0.2, 0.25) is 0 Å². The minimum Gasteiger partial charge on any atom is -0.507 e. The summed E-state index contributed by atoms with van der Waals surface area (Å²) in [4.78, 5) is 12.9. The molecule has 2 aromatic carbocycles. The molecule has 0 aliphatic carbocycles. The first-order valence-electron chi connectivity index (χ1n) is 7.14. The van der Waals surface area contributed by atoms with Crippen LogP contribution in [-0.4, -0.2) is 27.2 Å². The van der Waals surface area contributed by atoms with Gasteiger partial charge in [-0.05, 0) is 22.9 Å². The Labute approximate surface area is 132 Å². The van der Waals surface area contributed by atoms with Gasteiger partial charge in [-0.25, -0.2) is 4.98 Å². The van der Waals surface area contributed by atoms with Gasteiger partial charge in [0.1, 0.15) is 5.75 Å². The maximum Gasteiger partial charge on any atom is 0.316 e. The molecule has 2 heterocycles. The minimum atomic E-state index is 0.191. The molecule has 0 unspecified atom stereocenters. The minimum absolute atomic E-state index is 0.191. The van der Waals surface area contributed by atoms with E-state index in [1.165, 1.54) is 7.11 Å². The molecule has 0 aliphatic heterocycles. The standard InChI is InChI=1S/C18H13N3O2/c1-23-18-20-10-12-9-19-15(8-14(12)21-18)17-13-5-3-2-4-11(13)6-7-16(17)22/h2-10,22H,1H3. The third kappa shape index (κ3) is 2.23. The highest BCUT2D eigenvalue weighted by Gasteiger charge is 2.12. The molecule has 1 N–H and O–H groups in total. The molecule has 0 saturated heterocycles. The zero-order valence-electron chi connectivity index (χ0n) is 12.4. The molecule has 0 aliphatic rings. The monoisotopic (exact) mass is 303 g/mol. The van der Waals surface area contributed by atoms with Gasteiger partial charge in [-0.1, -0.05) is 30.3 Å². The van der Waals surface area contributed by atoms with Gasteiger partial charge in [0.05, 0.1) is 18.3 Å². The average Bonchev–Trinajstić information content (AvgIpc) is 2.60. The Balaban J connectivity index is 2.00. The van der Waals surface area contributed by atoms with Crippen LogP contribution in [0, 0.1) is 0 Å². The van der Waals surface area contributed by atoms with Gasteiger partial charge < -0.3 is 9.84 Å². The zero-order valence-corrected chi connectivity index (χ0v) is 12.4. The fourth-order valence-electron chi connectivity index (χ4n) is 2.67. The van der Waals surface area contributed by atoms with E-state index in [0.717, 1.165) is 16.2 Å². The van der Waals surface area contributed by atoms with Crippen LogP contribution in [0.15, 0.2) is 54.9 Å². The summed E-state index contributed by atoms with van der Waals surface area (Å²) in [6, 6.07) is 13.6. The summed E-state index contributed by atoms with van der Waals surface area (Å²) in [7, 11) is 1.53. The molecular formula is C18H13N3O2. The molecular weight excluding hydrogens is 290 g/mol. The maximum atomic E-state index is 10.3. The van der Waals surface area contributed by atoms with Gasteiger partial charge in [-0.15, -0.1) is 0 Å². The number of fused-ring (bicyclic) bond motifs is 2. The van der Waals surface area contributed by atoms with Gasteiger partial charge in [0.25, 0.3) is 0 Å². The molecule has 5 nitrogen and oxygen atoms in total. The van der Waals surface area contributed by atoms with Crippen LogP contribution in [0.5, 0.6) is 11.8 Å². The van der Waals surface area contributed by atoms with Gasteiger partial charge in [0.15, 0.2) is 0 Å². The van der Waals surface area contributed by atoms with E-state index in [9.17, 15) is 5.11 Å².